The highest BCUT2D eigenvalue weighted by Gasteiger charge is 2.21. The monoisotopic (exact) mass is 335 g/mol. The molecule has 0 saturated carbocycles. The normalized spacial score (nSPS) is 16.3. The molecule has 0 aliphatic carbocycles. The summed E-state index contributed by atoms with van der Waals surface area (Å²) in [5, 5.41) is 6.96. The molecule has 3 rings (SSSR count). The predicted octanol–water partition coefficient (Wildman–Crippen LogP) is 4.21. The Morgan fingerprint density at radius 3 is 2.44 bits per heavy atom. The highest BCUT2D eigenvalue weighted by molar-refractivity contribution is 5.45. The lowest BCUT2D eigenvalue weighted by atomic mass is 9.99. The highest BCUT2D eigenvalue weighted by Crippen LogP contribution is 2.27. The Bertz CT molecular complexity index is 630. The van der Waals surface area contributed by atoms with E-state index < -0.39 is 0 Å². The number of nitrogens with one attached hydrogen (secondary N) is 2. The van der Waals surface area contributed by atoms with Crippen molar-refractivity contribution in [1.82, 2.24) is 10.2 Å². The second-order valence-corrected chi connectivity index (χ2v) is 6.63. The molecule has 1 fully saturated rings. The Morgan fingerprint density at radius 1 is 1.04 bits per heavy atom. The van der Waals surface area contributed by atoms with Gasteiger partial charge >= 0.3 is 0 Å². The third-order valence-electron chi connectivity index (χ3n) is 4.87. The van der Waals surface area contributed by atoms with Crippen molar-refractivity contribution in [3.63, 3.8) is 0 Å². The zero-order valence-electron chi connectivity index (χ0n) is 15.0. The summed E-state index contributed by atoms with van der Waals surface area (Å²) < 4.78 is 0. The molecular weight excluding hydrogens is 306 g/mol. The van der Waals surface area contributed by atoms with Crippen molar-refractivity contribution in [3.05, 3.63) is 78.4 Å². The van der Waals surface area contributed by atoms with Gasteiger partial charge in [0.1, 0.15) is 0 Å². The minimum atomic E-state index is 0.489. The first-order valence-corrected chi connectivity index (χ1v) is 9.30. The Kier molecular flexibility index (Phi) is 6.66. The third-order valence-corrected chi connectivity index (χ3v) is 4.87. The molecule has 3 nitrogen and oxygen atoms in total. The molecule has 1 aliphatic heterocycles. The standard InChI is InChI=1S/C22H29N3/c1-2-3-9-22(25-16-14-23-15-17-25)20-10-12-21(13-11-20)24-18-19-7-5-4-6-8-19/h2,4-8,10-13,22-24H,1,3,9,14-18H2/t22-/m1/s1. The zero-order chi connectivity index (χ0) is 17.3. The van der Waals surface area contributed by atoms with E-state index in [9.17, 15) is 0 Å². The molecule has 1 atom stereocenters. The molecule has 0 unspecified atom stereocenters. The van der Waals surface area contributed by atoms with Gasteiger partial charge in [-0.3, -0.25) is 4.90 Å². The van der Waals surface area contributed by atoms with E-state index >= 15 is 0 Å². The van der Waals surface area contributed by atoms with Crippen molar-refractivity contribution in [2.24, 2.45) is 0 Å². The van der Waals surface area contributed by atoms with Gasteiger partial charge in [0.2, 0.25) is 0 Å². The number of nitrogens with zero attached hydrogens (tertiary/aromatic N) is 1. The van der Waals surface area contributed by atoms with E-state index in [4.69, 9.17) is 0 Å². The first-order valence-electron chi connectivity index (χ1n) is 9.30. The van der Waals surface area contributed by atoms with Crippen LogP contribution in [0, 0.1) is 0 Å². The smallest absolute Gasteiger partial charge is 0.0400 e. The fourth-order valence-corrected chi connectivity index (χ4v) is 3.45. The number of piperazine rings is 1. The van der Waals surface area contributed by atoms with E-state index in [-0.39, 0.29) is 0 Å². The molecule has 2 N–H and O–H groups in total. The Balaban J connectivity index is 1.64. The van der Waals surface area contributed by atoms with E-state index in [1.165, 1.54) is 16.8 Å². The summed E-state index contributed by atoms with van der Waals surface area (Å²) in [7, 11) is 0. The SMILES string of the molecule is C=CCC[C@H](c1ccc(NCc2ccccc2)cc1)N1CCNCC1. The van der Waals surface area contributed by atoms with Crippen LogP contribution in [0.5, 0.6) is 0 Å². The molecule has 1 heterocycles. The summed E-state index contributed by atoms with van der Waals surface area (Å²) in [6, 6.07) is 20.0. The first kappa shape index (κ1) is 17.7. The van der Waals surface area contributed by atoms with Crippen molar-refractivity contribution < 1.29 is 0 Å². The number of hydrogen-bond donors (Lipinski definition) is 2. The zero-order valence-corrected chi connectivity index (χ0v) is 15.0. The summed E-state index contributed by atoms with van der Waals surface area (Å²) in [4.78, 5) is 2.60. The van der Waals surface area contributed by atoms with Gasteiger partial charge in [0.15, 0.2) is 0 Å². The number of allylic oxidation sites excluding steroid dienone is 1. The van der Waals surface area contributed by atoms with Gasteiger partial charge < -0.3 is 10.6 Å². The van der Waals surface area contributed by atoms with Gasteiger partial charge in [-0.25, -0.2) is 0 Å². The van der Waals surface area contributed by atoms with Crippen molar-refractivity contribution in [2.75, 3.05) is 31.5 Å². The minimum absolute atomic E-state index is 0.489. The van der Waals surface area contributed by atoms with Gasteiger partial charge in [-0.2, -0.15) is 0 Å². The lowest BCUT2D eigenvalue weighted by Gasteiger charge is -2.35. The Hall–Kier alpha value is -2.10. The van der Waals surface area contributed by atoms with Gasteiger partial charge in [-0.1, -0.05) is 48.5 Å². The molecule has 2 aromatic rings. The van der Waals surface area contributed by atoms with Crippen LogP contribution in [-0.2, 0) is 6.54 Å². The fourth-order valence-electron chi connectivity index (χ4n) is 3.45. The highest BCUT2D eigenvalue weighted by atomic mass is 15.2. The maximum Gasteiger partial charge on any atom is 0.0400 e. The number of hydrogen-bond acceptors (Lipinski definition) is 3. The van der Waals surface area contributed by atoms with Gasteiger partial charge in [0, 0.05) is 44.5 Å². The van der Waals surface area contributed by atoms with Gasteiger partial charge in [0.25, 0.3) is 0 Å². The Morgan fingerprint density at radius 2 is 1.76 bits per heavy atom. The summed E-state index contributed by atoms with van der Waals surface area (Å²) in [6.07, 6.45) is 4.23. The molecule has 0 spiro atoms. The van der Waals surface area contributed by atoms with Gasteiger partial charge in [0.05, 0.1) is 0 Å². The van der Waals surface area contributed by atoms with Crippen LogP contribution in [0.2, 0.25) is 0 Å². The summed E-state index contributed by atoms with van der Waals surface area (Å²) in [6.45, 7) is 9.17. The van der Waals surface area contributed by atoms with Crippen LogP contribution in [0.4, 0.5) is 5.69 Å². The largest absolute Gasteiger partial charge is 0.381 e. The molecule has 3 heteroatoms. The Labute approximate surface area is 151 Å². The van der Waals surface area contributed by atoms with Crippen LogP contribution in [0.1, 0.15) is 30.0 Å². The molecule has 1 saturated heterocycles. The summed E-state index contributed by atoms with van der Waals surface area (Å²) in [5.74, 6) is 0. The van der Waals surface area contributed by atoms with Crippen molar-refractivity contribution in [2.45, 2.75) is 25.4 Å². The van der Waals surface area contributed by atoms with Crippen LogP contribution >= 0.6 is 0 Å². The number of rotatable bonds is 8. The quantitative estimate of drug-likeness (QED) is 0.708. The fraction of sp³-hybridized carbons (Fsp3) is 0.364. The number of benzene rings is 2. The van der Waals surface area contributed by atoms with E-state index in [0.717, 1.165) is 45.6 Å². The van der Waals surface area contributed by atoms with Crippen molar-refractivity contribution in [3.8, 4) is 0 Å². The second kappa shape index (κ2) is 9.40. The maximum absolute atomic E-state index is 3.90. The molecular formula is C22H29N3. The maximum atomic E-state index is 3.90. The van der Waals surface area contributed by atoms with Crippen molar-refractivity contribution in [1.29, 1.82) is 0 Å². The van der Waals surface area contributed by atoms with Crippen LogP contribution in [0.25, 0.3) is 0 Å². The minimum Gasteiger partial charge on any atom is -0.381 e. The van der Waals surface area contributed by atoms with Crippen LogP contribution in [-0.4, -0.2) is 31.1 Å². The molecule has 1 aliphatic rings. The summed E-state index contributed by atoms with van der Waals surface area (Å²) >= 11 is 0. The molecule has 2 aromatic carbocycles. The van der Waals surface area contributed by atoms with Crippen LogP contribution in [0.15, 0.2) is 67.3 Å². The summed E-state index contributed by atoms with van der Waals surface area (Å²) in [5.41, 5.74) is 3.89. The van der Waals surface area contributed by atoms with E-state index in [1.54, 1.807) is 0 Å². The third kappa shape index (κ3) is 5.18. The van der Waals surface area contributed by atoms with Gasteiger partial charge in [-0.05, 0) is 36.1 Å². The van der Waals surface area contributed by atoms with Crippen molar-refractivity contribution >= 4 is 5.69 Å². The van der Waals surface area contributed by atoms with E-state index in [2.05, 4.69) is 76.7 Å². The molecule has 0 bridgehead atoms. The molecule has 132 valence electrons. The van der Waals surface area contributed by atoms with E-state index in [0.29, 0.717) is 6.04 Å². The number of anilines is 1. The average molecular weight is 335 g/mol. The van der Waals surface area contributed by atoms with Gasteiger partial charge in [-0.15, -0.1) is 6.58 Å². The predicted molar refractivity (Wildman–Crippen MR) is 107 cm³/mol. The lowest BCUT2D eigenvalue weighted by molar-refractivity contribution is 0.166. The molecule has 0 radical (unpaired) electrons. The van der Waals surface area contributed by atoms with Crippen LogP contribution < -0.4 is 10.6 Å². The molecule has 25 heavy (non-hydrogen) atoms. The lowest BCUT2D eigenvalue weighted by Crippen LogP contribution is -2.45. The topological polar surface area (TPSA) is 27.3 Å². The second-order valence-electron chi connectivity index (χ2n) is 6.63. The van der Waals surface area contributed by atoms with E-state index in [1.807, 2.05) is 6.08 Å². The molecule has 0 aromatic heterocycles. The molecule has 0 amide bonds. The first-order chi connectivity index (χ1) is 12.4. The van der Waals surface area contributed by atoms with Crippen LogP contribution in [0.3, 0.4) is 0 Å². The average Bonchev–Trinajstić information content (AvgIpc) is 2.69.